The molecule has 4 aromatic rings. The zero-order valence-electron chi connectivity index (χ0n) is 15.8. The van der Waals surface area contributed by atoms with Crippen LogP contribution in [-0.4, -0.2) is 21.0 Å². The largest absolute Gasteiger partial charge is 0.450 e. The number of anilines is 1. The first-order valence-corrected chi connectivity index (χ1v) is 9.72. The molecule has 0 bridgehead atoms. The predicted octanol–water partition coefficient (Wildman–Crippen LogP) is 5.43. The van der Waals surface area contributed by atoms with Crippen LogP contribution in [0, 0.1) is 11.6 Å². The fraction of sp³-hybridized carbons (Fsp3) is 0.105. The van der Waals surface area contributed by atoms with Gasteiger partial charge in [0.2, 0.25) is 0 Å². The quantitative estimate of drug-likeness (QED) is 0.340. The molecule has 3 N–H and O–H groups in total. The van der Waals surface area contributed by atoms with Crippen molar-refractivity contribution in [1.29, 1.82) is 0 Å². The number of fused-ring (bicyclic) bond motifs is 1. The van der Waals surface area contributed by atoms with Crippen LogP contribution in [0.15, 0.2) is 42.3 Å². The van der Waals surface area contributed by atoms with Crippen LogP contribution in [0.5, 0.6) is 11.5 Å². The Kier molecular flexibility index (Phi) is 5.65. The van der Waals surface area contributed by atoms with Crippen LogP contribution >= 0.6 is 11.3 Å². The topological polar surface area (TPSA) is 91.9 Å². The molecule has 0 saturated heterocycles. The van der Waals surface area contributed by atoms with Crippen LogP contribution < -0.4 is 15.4 Å². The molecule has 0 saturated carbocycles. The number of hydrogen-bond donors (Lipinski definition) is 3. The number of ether oxygens (including phenoxy) is 1. The molecule has 4 rings (SSSR count). The minimum absolute atomic E-state index is 0.161. The van der Waals surface area contributed by atoms with Gasteiger partial charge in [-0.3, -0.25) is 4.98 Å². The molecule has 0 aliphatic heterocycles. The number of hydrogen-bond acceptors (Lipinski definition) is 5. The molecule has 0 aliphatic carbocycles. The lowest BCUT2D eigenvalue weighted by Gasteiger charge is -2.13. The van der Waals surface area contributed by atoms with Gasteiger partial charge in [-0.25, -0.2) is 18.6 Å². The van der Waals surface area contributed by atoms with E-state index in [2.05, 4.69) is 25.6 Å². The van der Waals surface area contributed by atoms with Crippen molar-refractivity contribution in [3.8, 4) is 11.5 Å². The van der Waals surface area contributed by atoms with Crippen LogP contribution in [0.3, 0.4) is 0 Å². The van der Waals surface area contributed by atoms with Crippen LogP contribution in [0.25, 0.3) is 11.0 Å². The highest BCUT2D eigenvalue weighted by atomic mass is 32.1. The lowest BCUT2D eigenvalue weighted by atomic mass is 10.2. The van der Waals surface area contributed by atoms with Crippen molar-refractivity contribution in [2.75, 3.05) is 5.32 Å². The van der Waals surface area contributed by atoms with Crippen LogP contribution in [0.2, 0.25) is 0 Å². The van der Waals surface area contributed by atoms with Crippen molar-refractivity contribution < 1.29 is 31.5 Å². The number of alkyl halides is 3. The summed E-state index contributed by atoms with van der Waals surface area (Å²) in [7, 11) is 0. The Morgan fingerprint density at radius 3 is 2.62 bits per heavy atom. The number of aromatic nitrogens is 3. The molecule has 0 aliphatic rings. The molecule has 0 unspecified atom stereocenters. The molecule has 0 atom stereocenters. The van der Waals surface area contributed by atoms with Crippen molar-refractivity contribution in [2.24, 2.45) is 0 Å². The van der Waals surface area contributed by atoms with E-state index in [0.717, 1.165) is 29.3 Å². The predicted molar refractivity (Wildman–Crippen MR) is 106 cm³/mol. The van der Waals surface area contributed by atoms with Crippen LogP contribution in [0.4, 0.5) is 32.4 Å². The van der Waals surface area contributed by atoms with E-state index in [1.807, 2.05) is 0 Å². The van der Waals surface area contributed by atoms with E-state index in [1.165, 1.54) is 11.3 Å². The summed E-state index contributed by atoms with van der Waals surface area (Å²) < 4.78 is 74.0. The Morgan fingerprint density at radius 1 is 1.22 bits per heavy atom. The lowest BCUT2D eigenvalue weighted by molar-refractivity contribution is -0.136. The number of halogens is 5. The summed E-state index contributed by atoms with van der Waals surface area (Å²) in [5.74, 6) is -3.82. The van der Waals surface area contributed by atoms with Gasteiger partial charge < -0.3 is 20.4 Å². The first-order chi connectivity index (χ1) is 15.2. The summed E-state index contributed by atoms with van der Waals surface area (Å²) in [5, 5.41) is 4.29. The molecule has 13 heteroatoms. The van der Waals surface area contributed by atoms with Crippen molar-refractivity contribution in [1.82, 2.24) is 20.3 Å². The van der Waals surface area contributed by atoms with Gasteiger partial charge >= 0.3 is 12.2 Å². The number of H-pyrrole nitrogens is 1. The van der Waals surface area contributed by atoms with Crippen LogP contribution in [-0.2, 0) is 12.7 Å². The number of urea groups is 1. The first-order valence-electron chi connectivity index (χ1n) is 8.85. The summed E-state index contributed by atoms with van der Waals surface area (Å²) in [4.78, 5) is 22.7. The summed E-state index contributed by atoms with van der Waals surface area (Å²) in [6.45, 7) is 0.166. The number of benzene rings is 1. The summed E-state index contributed by atoms with van der Waals surface area (Å²) in [6.07, 6.45) is -1.36. The Bertz CT molecular complexity index is 1250. The third kappa shape index (κ3) is 4.46. The van der Waals surface area contributed by atoms with Gasteiger partial charge in [-0.05, 0) is 6.07 Å². The molecule has 32 heavy (non-hydrogen) atoms. The zero-order valence-corrected chi connectivity index (χ0v) is 16.6. The normalized spacial score (nSPS) is 11.5. The molecule has 1 aromatic carbocycles. The molecule has 0 spiro atoms. The number of rotatable bonds is 5. The third-order valence-electron chi connectivity index (χ3n) is 4.22. The number of amides is 2. The van der Waals surface area contributed by atoms with E-state index in [0.29, 0.717) is 6.20 Å². The van der Waals surface area contributed by atoms with E-state index in [9.17, 15) is 26.7 Å². The van der Waals surface area contributed by atoms with Gasteiger partial charge in [0.25, 0.3) is 0 Å². The van der Waals surface area contributed by atoms with Gasteiger partial charge in [0.1, 0.15) is 11.4 Å². The smallest absolute Gasteiger partial charge is 0.418 e. The molecular formula is C19H12F5N5O2S. The lowest BCUT2D eigenvalue weighted by Crippen LogP contribution is -2.28. The second kappa shape index (κ2) is 8.42. The molecule has 7 nitrogen and oxygen atoms in total. The van der Waals surface area contributed by atoms with E-state index in [4.69, 9.17) is 4.74 Å². The summed E-state index contributed by atoms with van der Waals surface area (Å²) in [5.41, 5.74) is 0.116. The zero-order chi connectivity index (χ0) is 22.9. The number of pyridine rings is 1. The Balaban J connectivity index is 1.56. The van der Waals surface area contributed by atoms with Gasteiger partial charge in [0, 0.05) is 41.3 Å². The van der Waals surface area contributed by atoms with Gasteiger partial charge in [-0.1, -0.05) is 0 Å². The molecule has 3 aromatic heterocycles. The molecule has 0 fully saturated rings. The molecule has 0 radical (unpaired) electrons. The standard InChI is InChI=1S/C19H12F5N5O2S/c20-12-3-9(29-18(30)28-6-10-5-25-8-32-10)4-13(21)16(12)31-14-1-2-26-17-15(14)11(7-27-17)19(22,23)24/h1-5,7-8H,6H2,(H,26,27)(H2,28,29,30). The Labute approximate surface area is 180 Å². The second-order valence-corrected chi connectivity index (χ2v) is 7.35. The maximum absolute atomic E-state index is 14.5. The molecule has 166 valence electrons. The third-order valence-corrected chi connectivity index (χ3v) is 5.00. The minimum Gasteiger partial charge on any atom is -0.450 e. The highest BCUT2D eigenvalue weighted by Gasteiger charge is 2.35. The monoisotopic (exact) mass is 469 g/mol. The van der Waals surface area contributed by atoms with E-state index in [1.54, 1.807) is 11.7 Å². The average molecular weight is 469 g/mol. The Morgan fingerprint density at radius 2 is 1.97 bits per heavy atom. The maximum Gasteiger partial charge on any atom is 0.418 e. The highest BCUT2D eigenvalue weighted by Crippen LogP contribution is 2.40. The summed E-state index contributed by atoms with van der Waals surface area (Å²) >= 11 is 1.32. The SMILES string of the molecule is O=C(NCc1cncs1)Nc1cc(F)c(Oc2ccnc3[nH]cc(C(F)(F)F)c23)c(F)c1. The van der Waals surface area contributed by atoms with Crippen molar-refractivity contribution in [2.45, 2.75) is 12.7 Å². The summed E-state index contributed by atoms with van der Waals surface area (Å²) in [6, 6.07) is 1.91. The van der Waals surface area contributed by atoms with Gasteiger partial charge in [-0.2, -0.15) is 13.2 Å². The Hall–Kier alpha value is -3.74. The fourth-order valence-electron chi connectivity index (χ4n) is 2.85. The van der Waals surface area contributed by atoms with E-state index in [-0.39, 0.29) is 17.9 Å². The molecule has 2 amide bonds. The van der Waals surface area contributed by atoms with Gasteiger partial charge in [0.15, 0.2) is 17.4 Å². The number of nitrogens with one attached hydrogen (secondary N) is 3. The fourth-order valence-corrected chi connectivity index (χ4v) is 3.38. The van der Waals surface area contributed by atoms with Crippen molar-refractivity contribution in [3.63, 3.8) is 0 Å². The van der Waals surface area contributed by atoms with E-state index >= 15 is 0 Å². The minimum atomic E-state index is -4.74. The van der Waals surface area contributed by atoms with Crippen molar-refractivity contribution >= 4 is 34.1 Å². The highest BCUT2D eigenvalue weighted by molar-refractivity contribution is 7.09. The van der Waals surface area contributed by atoms with Gasteiger partial charge in [0.05, 0.1) is 23.0 Å². The number of thiazole rings is 1. The molecular weight excluding hydrogens is 457 g/mol. The average Bonchev–Trinajstić information content (AvgIpc) is 3.39. The number of carbonyl (C=O) groups excluding carboxylic acids is 1. The van der Waals surface area contributed by atoms with Gasteiger partial charge in [-0.15, -0.1) is 11.3 Å². The first kappa shape index (κ1) is 21.5. The second-order valence-electron chi connectivity index (χ2n) is 6.38. The van der Waals surface area contributed by atoms with Crippen LogP contribution in [0.1, 0.15) is 10.4 Å². The van der Waals surface area contributed by atoms with E-state index < -0.39 is 46.3 Å². The maximum atomic E-state index is 14.5. The number of nitrogens with zero attached hydrogens (tertiary/aromatic N) is 2. The number of carbonyl (C=O) groups is 1. The van der Waals surface area contributed by atoms with Crippen molar-refractivity contribution in [3.05, 3.63) is 64.4 Å². The molecule has 3 heterocycles. The number of aromatic amines is 1.